The van der Waals surface area contributed by atoms with Crippen LogP contribution in [-0.2, 0) is 4.79 Å². The number of amides is 1. The molecule has 0 spiro atoms. The third-order valence-corrected chi connectivity index (χ3v) is 2.04. The topological polar surface area (TPSA) is 20.3 Å². The van der Waals surface area contributed by atoms with Gasteiger partial charge in [0.25, 0.3) is 0 Å². The van der Waals surface area contributed by atoms with Crippen LogP contribution in [0.4, 0.5) is 0 Å². The van der Waals surface area contributed by atoms with E-state index in [9.17, 15) is 4.79 Å². The van der Waals surface area contributed by atoms with Crippen LogP contribution in [0.25, 0.3) is 0 Å². The molecule has 0 N–H and O–H groups in total. The molecule has 0 aliphatic rings. The summed E-state index contributed by atoms with van der Waals surface area (Å²) in [5.74, 6) is 0.134. The van der Waals surface area contributed by atoms with E-state index in [0.29, 0.717) is 6.42 Å². The van der Waals surface area contributed by atoms with Gasteiger partial charge in [-0.3, -0.25) is 9.69 Å². The molecule has 0 aliphatic carbocycles. The molecule has 0 unspecified atom stereocenters. The number of carbonyl (C=O) groups is 1. The maximum Gasteiger partial charge on any atom is 0.230 e. The summed E-state index contributed by atoms with van der Waals surface area (Å²) >= 11 is 0. The van der Waals surface area contributed by atoms with Gasteiger partial charge in [-0.2, -0.15) is 0 Å². The largest absolute Gasteiger partial charge is 0.296 e. The number of nitrogens with zero attached hydrogens (tertiary/aromatic N) is 1. The second kappa shape index (κ2) is 8.54. The second-order valence-corrected chi connectivity index (χ2v) is 3.28. The van der Waals surface area contributed by atoms with E-state index >= 15 is 0 Å². The zero-order valence-electron chi connectivity index (χ0n) is 9.33. The van der Waals surface area contributed by atoms with Crippen LogP contribution >= 0.6 is 0 Å². The molecule has 0 saturated heterocycles. The SMILES string of the molecule is C=CN(/C=C\C)C(=O)CCCCCC. The van der Waals surface area contributed by atoms with Gasteiger partial charge in [0.15, 0.2) is 0 Å². The minimum Gasteiger partial charge on any atom is -0.296 e. The van der Waals surface area contributed by atoms with Crippen molar-refractivity contribution in [3.05, 3.63) is 25.1 Å². The van der Waals surface area contributed by atoms with Crippen molar-refractivity contribution in [1.82, 2.24) is 4.90 Å². The van der Waals surface area contributed by atoms with E-state index in [1.165, 1.54) is 12.8 Å². The molecule has 0 aromatic carbocycles. The fourth-order valence-electron chi connectivity index (χ4n) is 1.24. The molecule has 0 heterocycles. The van der Waals surface area contributed by atoms with Crippen molar-refractivity contribution in [1.29, 1.82) is 0 Å². The van der Waals surface area contributed by atoms with Crippen LogP contribution in [0, 0.1) is 0 Å². The lowest BCUT2D eigenvalue weighted by atomic mass is 10.1. The molecule has 1 amide bonds. The third kappa shape index (κ3) is 5.57. The van der Waals surface area contributed by atoms with E-state index in [-0.39, 0.29) is 5.91 Å². The molecular weight excluding hydrogens is 174 g/mol. The average molecular weight is 195 g/mol. The maximum absolute atomic E-state index is 11.5. The van der Waals surface area contributed by atoms with E-state index in [2.05, 4.69) is 13.5 Å². The Morgan fingerprint density at radius 1 is 1.36 bits per heavy atom. The molecule has 2 nitrogen and oxygen atoms in total. The molecule has 2 heteroatoms. The van der Waals surface area contributed by atoms with Gasteiger partial charge in [-0.15, -0.1) is 0 Å². The normalized spacial score (nSPS) is 10.4. The summed E-state index contributed by atoms with van der Waals surface area (Å²) in [6, 6.07) is 0. The first-order valence-corrected chi connectivity index (χ1v) is 5.32. The average Bonchev–Trinajstić information content (AvgIpc) is 2.20. The van der Waals surface area contributed by atoms with Crippen LogP contribution in [0.15, 0.2) is 25.1 Å². The molecule has 0 fully saturated rings. The monoisotopic (exact) mass is 195 g/mol. The summed E-state index contributed by atoms with van der Waals surface area (Å²) in [5.41, 5.74) is 0. The molecule has 14 heavy (non-hydrogen) atoms. The number of rotatable bonds is 7. The predicted octanol–water partition coefficient (Wildman–Crippen LogP) is 3.46. The Bertz CT molecular complexity index is 196. The van der Waals surface area contributed by atoms with E-state index < -0.39 is 0 Å². The van der Waals surface area contributed by atoms with E-state index in [1.807, 2.05) is 13.0 Å². The van der Waals surface area contributed by atoms with E-state index in [4.69, 9.17) is 0 Å². The van der Waals surface area contributed by atoms with Crippen molar-refractivity contribution in [3.63, 3.8) is 0 Å². The Morgan fingerprint density at radius 3 is 2.57 bits per heavy atom. The van der Waals surface area contributed by atoms with Crippen molar-refractivity contribution in [2.45, 2.75) is 46.0 Å². The summed E-state index contributed by atoms with van der Waals surface area (Å²) in [6.07, 6.45) is 10.3. The predicted molar refractivity (Wildman–Crippen MR) is 60.6 cm³/mol. The molecule has 0 rings (SSSR count). The number of hydrogen-bond donors (Lipinski definition) is 0. The second-order valence-electron chi connectivity index (χ2n) is 3.28. The van der Waals surface area contributed by atoms with Gasteiger partial charge < -0.3 is 0 Å². The Labute approximate surface area is 87.3 Å². The summed E-state index contributed by atoms with van der Waals surface area (Å²) < 4.78 is 0. The highest BCUT2D eigenvalue weighted by Gasteiger charge is 2.05. The summed E-state index contributed by atoms with van der Waals surface area (Å²) in [7, 11) is 0. The Balaban J connectivity index is 3.75. The highest BCUT2D eigenvalue weighted by molar-refractivity contribution is 5.78. The smallest absolute Gasteiger partial charge is 0.230 e. The highest BCUT2D eigenvalue weighted by atomic mass is 16.2. The lowest BCUT2D eigenvalue weighted by molar-refractivity contribution is -0.126. The quantitative estimate of drug-likeness (QED) is 0.570. The van der Waals surface area contributed by atoms with Crippen LogP contribution in [0.1, 0.15) is 46.0 Å². The molecule has 0 aromatic heterocycles. The van der Waals surface area contributed by atoms with Crippen molar-refractivity contribution in [2.24, 2.45) is 0 Å². The number of hydrogen-bond acceptors (Lipinski definition) is 1. The van der Waals surface area contributed by atoms with Crippen LogP contribution in [0.2, 0.25) is 0 Å². The summed E-state index contributed by atoms with van der Waals surface area (Å²) in [6.45, 7) is 7.65. The lowest BCUT2D eigenvalue weighted by Crippen LogP contribution is -2.18. The van der Waals surface area contributed by atoms with E-state index in [0.717, 1.165) is 12.8 Å². The van der Waals surface area contributed by atoms with Crippen LogP contribution in [0.5, 0.6) is 0 Å². The van der Waals surface area contributed by atoms with Crippen LogP contribution in [0.3, 0.4) is 0 Å². The van der Waals surface area contributed by atoms with Gasteiger partial charge in [-0.25, -0.2) is 0 Å². The van der Waals surface area contributed by atoms with Gasteiger partial charge in [0.1, 0.15) is 0 Å². The number of unbranched alkanes of at least 4 members (excludes halogenated alkanes) is 3. The minimum atomic E-state index is 0.134. The molecule has 0 saturated carbocycles. The highest BCUT2D eigenvalue weighted by Crippen LogP contribution is 2.05. The first kappa shape index (κ1) is 12.9. The van der Waals surface area contributed by atoms with Crippen molar-refractivity contribution in [2.75, 3.05) is 0 Å². The third-order valence-electron chi connectivity index (χ3n) is 2.04. The Hall–Kier alpha value is -1.05. The van der Waals surface area contributed by atoms with Gasteiger partial charge in [-0.1, -0.05) is 38.8 Å². The summed E-state index contributed by atoms with van der Waals surface area (Å²) in [4.78, 5) is 13.1. The Kier molecular flexibility index (Phi) is 7.90. The van der Waals surface area contributed by atoms with Crippen molar-refractivity contribution >= 4 is 5.91 Å². The van der Waals surface area contributed by atoms with E-state index in [1.54, 1.807) is 17.3 Å². The molecule has 0 aromatic rings. The fourth-order valence-corrected chi connectivity index (χ4v) is 1.24. The van der Waals surface area contributed by atoms with Gasteiger partial charge >= 0.3 is 0 Å². The summed E-state index contributed by atoms with van der Waals surface area (Å²) in [5, 5.41) is 0. The zero-order valence-corrected chi connectivity index (χ0v) is 9.33. The molecular formula is C12H21NO. The lowest BCUT2D eigenvalue weighted by Gasteiger charge is -2.12. The van der Waals surface area contributed by atoms with Gasteiger partial charge in [0.05, 0.1) is 0 Å². The molecule has 0 bridgehead atoms. The standard InChI is InChI=1S/C12H21NO/c1-4-7-8-9-10-12(14)13(6-3)11-5-2/h5-6,11H,3-4,7-10H2,1-2H3/b11-5-. The maximum atomic E-state index is 11.5. The van der Waals surface area contributed by atoms with Gasteiger partial charge in [0.2, 0.25) is 5.91 Å². The van der Waals surface area contributed by atoms with Gasteiger partial charge in [0, 0.05) is 18.8 Å². The van der Waals surface area contributed by atoms with Gasteiger partial charge in [-0.05, 0) is 13.3 Å². The van der Waals surface area contributed by atoms with Crippen LogP contribution < -0.4 is 0 Å². The Morgan fingerprint density at radius 2 is 2.07 bits per heavy atom. The molecule has 80 valence electrons. The first-order valence-electron chi connectivity index (χ1n) is 5.32. The number of carbonyl (C=O) groups excluding carboxylic acids is 1. The van der Waals surface area contributed by atoms with Crippen molar-refractivity contribution < 1.29 is 4.79 Å². The van der Waals surface area contributed by atoms with Crippen LogP contribution in [-0.4, -0.2) is 10.8 Å². The molecule has 0 atom stereocenters. The minimum absolute atomic E-state index is 0.134. The van der Waals surface area contributed by atoms with Crippen molar-refractivity contribution in [3.8, 4) is 0 Å². The molecule has 0 radical (unpaired) electrons. The fraction of sp³-hybridized carbons (Fsp3) is 0.583. The first-order chi connectivity index (χ1) is 6.76. The number of allylic oxidation sites excluding steroid dienone is 1. The zero-order chi connectivity index (χ0) is 10.8. The molecule has 0 aliphatic heterocycles.